The van der Waals surface area contributed by atoms with Crippen molar-refractivity contribution in [3.8, 4) is 11.8 Å². The monoisotopic (exact) mass is 281 g/mol. The lowest BCUT2D eigenvalue weighted by Gasteiger charge is -2.25. The predicted molar refractivity (Wildman–Crippen MR) is 70.8 cm³/mol. The highest BCUT2D eigenvalue weighted by Gasteiger charge is 2.27. The Balaban J connectivity index is 2.89. The minimum Gasteiger partial charge on any atom is -0.484 e. The zero-order valence-electron chi connectivity index (χ0n) is 11.5. The molecular weight excluding hydrogens is 265 g/mol. The Hall–Kier alpha value is -2.20. The van der Waals surface area contributed by atoms with Gasteiger partial charge in [-0.3, -0.25) is 15.4 Å². The van der Waals surface area contributed by atoms with Gasteiger partial charge in [-0.2, -0.15) is 5.26 Å². The summed E-state index contributed by atoms with van der Waals surface area (Å²) in [5.74, 6) is -0.782. The van der Waals surface area contributed by atoms with Crippen molar-refractivity contribution in [2.75, 3.05) is 6.61 Å². The van der Waals surface area contributed by atoms with Crippen LogP contribution in [-0.2, 0) is 0 Å². The van der Waals surface area contributed by atoms with E-state index in [1.165, 1.54) is 6.07 Å². The minimum atomic E-state index is -0.990. The molecule has 0 amide bonds. The molecule has 6 nitrogen and oxygen atoms in total. The number of nitrogens with one attached hydrogen (secondary N) is 1. The molecule has 1 N–H and O–H groups in total. The van der Waals surface area contributed by atoms with Crippen molar-refractivity contribution in [1.29, 1.82) is 5.26 Å². The summed E-state index contributed by atoms with van der Waals surface area (Å²) in [5.41, 5.74) is -1.45. The highest BCUT2D eigenvalue weighted by molar-refractivity contribution is 5.46. The zero-order valence-corrected chi connectivity index (χ0v) is 11.5. The molecule has 0 saturated carbocycles. The fraction of sp³-hybridized carbons (Fsp3) is 0.462. The molecule has 0 aliphatic heterocycles. The number of nitriles is 1. The maximum absolute atomic E-state index is 13.0. The highest BCUT2D eigenvalue weighted by Crippen LogP contribution is 2.28. The van der Waals surface area contributed by atoms with Crippen LogP contribution >= 0.6 is 0 Å². The Labute approximate surface area is 116 Å². The summed E-state index contributed by atoms with van der Waals surface area (Å²) < 4.78 is 18.3. The molecule has 1 aromatic rings. The van der Waals surface area contributed by atoms with E-state index in [0.29, 0.717) is 0 Å². The van der Waals surface area contributed by atoms with Crippen LogP contribution < -0.4 is 10.1 Å². The molecule has 0 saturated heterocycles. The fourth-order valence-electron chi connectivity index (χ4n) is 1.72. The first-order valence-electron chi connectivity index (χ1n) is 6.03. The van der Waals surface area contributed by atoms with E-state index in [2.05, 4.69) is 11.4 Å². The molecule has 1 unspecified atom stereocenters. The number of hydrogen-bond acceptors (Lipinski definition) is 5. The Bertz CT molecular complexity index is 542. The molecule has 0 fully saturated rings. The van der Waals surface area contributed by atoms with Crippen molar-refractivity contribution in [3.63, 3.8) is 0 Å². The average Bonchev–Trinajstić information content (AvgIpc) is 2.36. The number of halogens is 1. The second-order valence-electron chi connectivity index (χ2n) is 4.90. The van der Waals surface area contributed by atoms with Crippen LogP contribution in [0.3, 0.4) is 0 Å². The third-order valence-electron chi connectivity index (χ3n) is 2.49. The van der Waals surface area contributed by atoms with Gasteiger partial charge in [-0.15, -0.1) is 0 Å². The summed E-state index contributed by atoms with van der Waals surface area (Å²) in [7, 11) is 0. The van der Waals surface area contributed by atoms with E-state index in [1.807, 2.05) is 13.8 Å². The summed E-state index contributed by atoms with van der Waals surface area (Å²) in [6.45, 7) is 5.28. The number of nitrogens with zero attached hydrogens (tertiary/aromatic N) is 2. The van der Waals surface area contributed by atoms with Gasteiger partial charge >= 0.3 is 5.69 Å². The van der Waals surface area contributed by atoms with Gasteiger partial charge in [-0.25, -0.2) is 4.39 Å². The molecule has 0 heterocycles. The number of benzene rings is 1. The number of nitro groups is 1. The maximum atomic E-state index is 13.0. The second-order valence-corrected chi connectivity index (χ2v) is 4.90. The average molecular weight is 281 g/mol. The first kappa shape index (κ1) is 15.9. The molecular formula is C13H16FN3O3. The van der Waals surface area contributed by atoms with E-state index in [4.69, 9.17) is 10.00 Å². The van der Waals surface area contributed by atoms with Crippen LogP contribution in [0.2, 0.25) is 0 Å². The molecule has 0 aliphatic carbocycles. The lowest BCUT2D eigenvalue weighted by Crippen LogP contribution is -2.49. The maximum Gasteiger partial charge on any atom is 0.313 e. The fourth-order valence-corrected chi connectivity index (χ4v) is 1.72. The van der Waals surface area contributed by atoms with Crippen molar-refractivity contribution >= 4 is 5.69 Å². The summed E-state index contributed by atoms with van der Waals surface area (Å²) in [5, 5.41) is 23.0. The van der Waals surface area contributed by atoms with Gasteiger partial charge in [0, 0.05) is 6.04 Å². The van der Waals surface area contributed by atoms with E-state index in [1.54, 1.807) is 6.92 Å². The molecule has 0 spiro atoms. The predicted octanol–water partition coefficient (Wildman–Crippen LogP) is 2.39. The summed E-state index contributed by atoms with van der Waals surface area (Å²) in [6.07, 6.45) is 0. The van der Waals surface area contributed by atoms with E-state index < -0.39 is 22.0 Å². The first-order chi connectivity index (χ1) is 9.27. The van der Waals surface area contributed by atoms with Crippen molar-refractivity contribution in [2.45, 2.75) is 32.4 Å². The van der Waals surface area contributed by atoms with Crippen molar-refractivity contribution in [1.82, 2.24) is 5.32 Å². The summed E-state index contributed by atoms with van der Waals surface area (Å²) in [6, 6.07) is 5.15. The zero-order chi connectivity index (χ0) is 15.3. The molecule has 1 aromatic carbocycles. The Morgan fingerprint density at radius 1 is 1.60 bits per heavy atom. The quantitative estimate of drug-likeness (QED) is 0.639. The molecule has 1 atom stereocenters. The smallest absolute Gasteiger partial charge is 0.313 e. The summed E-state index contributed by atoms with van der Waals surface area (Å²) >= 11 is 0. The van der Waals surface area contributed by atoms with Crippen LogP contribution in [0, 0.1) is 27.3 Å². The van der Waals surface area contributed by atoms with Gasteiger partial charge in [0.1, 0.15) is 18.0 Å². The SMILES string of the molecule is CC(C)NC(C)(C#N)COc1ccc(F)cc1[N+](=O)[O-]. The lowest BCUT2D eigenvalue weighted by atomic mass is 10.1. The van der Waals surface area contributed by atoms with Crippen LogP contribution in [0.15, 0.2) is 18.2 Å². The van der Waals surface area contributed by atoms with Crippen LogP contribution in [0.1, 0.15) is 20.8 Å². The van der Waals surface area contributed by atoms with Gasteiger partial charge in [-0.05, 0) is 32.9 Å². The first-order valence-corrected chi connectivity index (χ1v) is 6.03. The minimum absolute atomic E-state index is 0.0476. The number of ether oxygens (including phenoxy) is 1. The van der Waals surface area contributed by atoms with E-state index in [9.17, 15) is 14.5 Å². The van der Waals surface area contributed by atoms with Crippen LogP contribution in [0.5, 0.6) is 5.75 Å². The van der Waals surface area contributed by atoms with E-state index >= 15 is 0 Å². The normalized spacial score (nSPS) is 13.6. The highest BCUT2D eigenvalue weighted by atomic mass is 19.1. The van der Waals surface area contributed by atoms with Gasteiger partial charge < -0.3 is 4.74 Å². The summed E-state index contributed by atoms with van der Waals surface area (Å²) in [4.78, 5) is 10.1. The van der Waals surface area contributed by atoms with Crippen molar-refractivity contribution in [2.24, 2.45) is 0 Å². The second kappa shape index (κ2) is 6.30. The van der Waals surface area contributed by atoms with Gasteiger partial charge in [0.2, 0.25) is 0 Å². The van der Waals surface area contributed by atoms with Gasteiger partial charge in [0.15, 0.2) is 5.75 Å². The van der Waals surface area contributed by atoms with Gasteiger partial charge in [0.25, 0.3) is 0 Å². The number of hydrogen-bond donors (Lipinski definition) is 1. The molecule has 0 radical (unpaired) electrons. The van der Waals surface area contributed by atoms with Gasteiger partial charge in [-0.1, -0.05) is 0 Å². The van der Waals surface area contributed by atoms with Crippen molar-refractivity contribution in [3.05, 3.63) is 34.1 Å². The number of rotatable bonds is 6. The van der Waals surface area contributed by atoms with Crippen LogP contribution in [0.4, 0.5) is 10.1 Å². The van der Waals surface area contributed by atoms with Gasteiger partial charge in [0.05, 0.1) is 17.1 Å². The Morgan fingerprint density at radius 3 is 2.75 bits per heavy atom. The molecule has 0 aromatic heterocycles. The van der Waals surface area contributed by atoms with E-state index in [0.717, 1.165) is 12.1 Å². The lowest BCUT2D eigenvalue weighted by molar-refractivity contribution is -0.386. The third kappa shape index (κ3) is 4.17. The molecule has 7 heteroatoms. The van der Waals surface area contributed by atoms with Crippen molar-refractivity contribution < 1.29 is 14.1 Å². The van der Waals surface area contributed by atoms with Crippen LogP contribution in [-0.4, -0.2) is 23.1 Å². The number of nitro benzene ring substituents is 1. The van der Waals surface area contributed by atoms with E-state index in [-0.39, 0.29) is 18.4 Å². The molecule has 108 valence electrons. The largest absolute Gasteiger partial charge is 0.484 e. The molecule has 20 heavy (non-hydrogen) atoms. The Kier molecular flexibility index (Phi) is 5.00. The topological polar surface area (TPSA) is 88.2 Å². The third-order valence-corrected chi connectivity index (χ3v) is 2.49. The molecule has 0 aliphatic rings. The molecule has 0 bridgehead atoms. The Morgan fingerprint density at radius 2 is 2.25 bits per heavy atom. The standard InChI is InChI=1S/C13H16FN3O3/c1-9(2)16-13(3,7-15)8-20-12-5-4-10(14)6-11(12)17(18)19/h4-6,9,16H,8H2,1-3H3. The van der Waals surface area contributed by atoms with Crippen LogP contribution in [0.25, 0.3) is 0 Å². The molecule has 1 rings (SSSR count).